The normalized spacial score (nSPS) is 11.1. The number of halogens is 1. The molecule has 0 saturated heterocycles. The summed E-state index contributed by atoms with van der Waals surface area (Å²) in [4.78, 5) is 15.1. The van der Waals surface area contributed by atoms with E-state index in [1.807, 2.05) is 0 Å². The number of rotatable bonds is 3. The molecule has 1 aromatic rings. The van der Waals surface area contributed by atoms with Crippen LogP contribution in [0.5, 0.6) is 0 Å². The molecule has 5 nitrogen and oxygen atoms in total. The van der Waals surface area contributed by atoms with Crippen LogP contribution in [-0.2, 0) is 9.84 Å². The van der Waals surface area contributed by atoms with Crippen molar-refractivity contribution in [2.75, 3.05) is 12.1 Å². The van der Waals surface area contributed by atoms with Crippen LogP contribution in [-0.4, -0.2) is 31.4 Å². The van der Waals surface area contributed by atoms with Gasteiger partial charge < -0.3 is 5.32 Å². The van der Waals surface area contributed by atoms with Crippen LogP contribution in [0.2, 0.25) is 5.15 Å². The highest BCUT2D eigenvalue weighted by Gasteiger charge is 2.08. The monoisotopic (exact) mass is 248 g/mol. The van der Waals surface area contributed by atoms with Crippen molar-refractivity contribution in [3.63, 3.8) is 0 Å². The quantitative estimate of drug-likeness (QED) is 0.789. The lowest BCUT2D eigenvalue weighted by molar-refractivity contribution is 0.0960. The molecule has 82 valence electrons. The van der Waals surface area contributed by atoms with Gasteiger partial charge >= 0.3 is 0 Å². The summed E-state index contributed by atoms with van der Waals surface area (Å²) in [5, 5.41) is 2.44. The van der Waals surface area contributed by atoms with Crippen LogP contribution < -0.4 is 5.32 Å². The Balaban J connectivity index is 2.70. The van der Waals surface area contributed by atoms with Crippen molar-refractivity contribution in [3.8, 4) is 0 Å². The van der Waals surface area contributed by atoms with Crippen LogP contribution in [0.25, 0.3) is 0 Å². The number of aromatic nitrogens is 1. The highest BCUT2D eigenvalue weighted by molar-refractivity contribution is 7.90. The molecule has 1 aromatic heterocycles. The van der Waals surface area contributed by atoms with Gasteiger partial charge in [0.2, 0.25) is 0 Å². The molecule has 0 aliphatic heterocycles. The van der Waals surface area contributed by atoms with Crippen LogP contribution in [0.15, 0.2) is 18.3 Å². The van der Waals surface area contributed by atoms with Crippen molar-refractivity contribution in [1.29, 1.82) is 0 Å². The SMILES string of the molecule is CS(=O)(=O)CNC(=O)c1ccnc(Cl)c1. The number of nitrogens with one attached hydrogen (secondary N) is 1. The van der Waals surface area contributed by atoms with Gasteiger partial charge in [-0.2, -0.15) is 0 Å². The Morgan fingerprint density at radius 3 is 2.80 bits per heavy atom. The van der Waals surface area contributed by atoms with Crippen molar-refractivity contribution < 1.29 is 13.2 Å². The summed E-state index contributed by atoms with van der Waals surface area (Å²) < 4.78 is 21.6. The van der Waals surface area contributed by atoms with Gasteiger partial charge in [-0.1, -0.05) is 11.6 Å². The molecule has 0 aliphatic carbocycles. The predicted octanol–water partition coefficient (Wildman–Crippen LogP) is 0.467. The Labute approximate surface area is 92.4 Å². The number of hydrogen-bond donors (Lipinski definition) is 1. The van der Waals surface area contributed by atoms with Gasteiger partial charge in [-0.3, -0.25) is 4.79 Å². The molecule has 0 aliphatic rings. The fourth-order valence-corrected chi connectivity index (χ4v) is 1.41. The van der Waals surface area contributed by atoms with Crippen molar-refractivity contribution in [3.05, 3.63) is 29.0 Å². The van der Waals surface area contributed by atoms with E-state index in [9.17, 15) is 13.2 Å². The second kappa shape index (κ2) is 4.59. The third kappa shape index (κ3) is 4.26. The minimum atomic E-state index is -3.22. The fourth-order valence-electron chi connectivity index (χ4n) is 0.842. The fraction of sp³-hybridized carbons (Fsp3) is 0.250. The van der Waals surface area contributed by atoms with Gasteiger partial charge in [0.1, 0.15) is 11.0 Å². The zero-order valence-electron chi connectivity index (χ0n) is 7.90. The summed E-state index contributed by atoms with van der Waals surface area (Å²) in [7, 11) is -3.22. The van der Waals surface area contributed by atoms with E-state index in [-0.39, 0.29) is 10.7 Å². The number of carbonyl (C=O) groups excluding carboxylic acids is 1. The lowest BCUT2D eigenvalue weighted by Gasteiger charge is -2.03. The van der Waals surface area contributed by atoms with Crippen molar-refractivity contribution >= 4 is 27.3 Å². The van der Waals surface area contributed by atoms with Gasteiger partial charge in [0.25, 0.3) is 5.91 Å². The first-order valence-corrected chi connectivity index (χ1v) is 6.40. The molecule has 0 fully saturated rings. The van der Waals surface area contributed by atoms with Gasteiger partial charge in [0, 0.05) is 18.0 Å². The molecular weight excluding hydrogens is 240 g/mol. The molecule has 1 amide bonds. The van der Waals surface area contributed by atoms with Crippen molar-refractivity contribution in [2.45, 2.75) is 0 Å². The van der Waals surface area contributed by atoms with E-state index in [1.54, 1.807) is 0 Å². The van der Waals surface area contributed by atoms with Crippen molar-refractivity contribution in [2.24, 2.45) is 0 Å². The minimum absolute atomic E-state index is 0.182. The first kappa shape index (κ1) is 11.9. The summed E-state index contributed by atoms with van der Waals surface area (Å²) in [6.45, 7) is 0. The second-order valence-electron chi connectivity index (χ2n) is 2.94. The largest absolute Gasteiger partial charge is 0.338 e. The third-order valence-electron chi connectivity index (χ3n) is 1.48. The van der Waals surface area contributed by atoms with E-state index < -0.39 is 21.6 Å². The van der Waals surface area contributed by atoms with Crippen molar-refractivity contribution in [1.82, 2.24) is 10.3 Å². The van der Waals surface area contributed by atoms with Crippen LogP contribution >= 0.6 is 11.6 Å². The Morgan fingerprint density at radius 1 is 1.60 bits per heavy atom. The second-order valence-corrected chi connectivity index (χ2v) is 5.47. The lowest BCUT2D eigenvalue weighted by atomic mass is 10.2. The average molecular weight is 249 g/mol. The van der Waals surface area contributed by atoms with Crippen LogP contribution in [0.4, 0.5) is 0 Å². The maximum Gasteiger partial charge on any atom is 0.252 e. The minimum Gasteiger partial charge on any atom is -0.338 e. The summed E-state index contributed by atoms with van der Waals surface area (Å²) in [5.74, 6) is -0.893. The molecule has 0 atom stereocenters. The molecule has 7 heteroatoms. The third-order valence-corrected chi connectivity index (χ3v) is 2.36. The van der Waals surface area contributed by atoms with E-state index in [0.717, 1.165) is 6.26 Å². The van der Waals surface area contributed by atoms with Crippen LogP contribution in [0.3, 0.4) is 0 Å². The number of sulfone groups is 1. The summed E-state index contributed by atoms with van der Waals surface area (Å²) >= 11 is 5.57. The van der Waals surface area contributed by atoms with E-state index in [1.165, 1.54) is 18.3 Å². The number of carbonyl (C=O) groups is 1. The molecule has 15 heavy (non-hydrogen) atoms. The number of pyridine rings is 1. The Kier molecular flexibility index (Phi) is 3.65. The Bertz CT molecular complexity index is 473. The standard InChI is InChI=1S/C8H9ClN2O3S/c1-15(13,14)5-11-8(12)6-2-3-10-7(9)4-6/h2-4H,5H2,1H3,(H,11,12). The average Bonchev–Trinajstić information content (AvgIpc) is 2.13. The number of hydrogen-bond acceptors (Lipinski definition) is 4. The molecule has 0 saturated carbocycles. The topological polar surface area (TPSA) is 76.1 Å². The maximum absolute atomic E-state index is 11.4. The molecule has 0 aromatic carbocycles. The smallest absolute Gasteiger partial charge is 0.252 e. The zero-order chi connectivity index (χ0) is 11.5. The van der Waals surface area contributed by atoms with Gasteiger partial charge in [0.15, 0.2) is 9.84 Å². The van der Waals surface area contributed by atoms with E-state index in [4.69, 9.17) is 11.6 Å². The molecule has 1 N–H and O–H groups in total. The molecule has 0 bridgehead atoms. The molecule has 0 radical (unpaired) electrons. The van der Waals surface area contributed by atoms with Gasteiger partial charge in [-0.15, -0.1) is 0 Å². The lowest BCUT2D eigenvalue weighted by Crippen LogP contribution is -2.28. The molecular formula is C8H9ClN2O3S. The highest BCUT2D eigenvalue weighted by atomic mass is 35.5. The van der Waals surface area contributed by atoms with Crippen LogP contribution in [0, 0.1) is 0 Å². The molecule has 0 unspecified atom stereocenters. The predicted molar refractivity (Wildman–Crippen MR) is 56.4 cm³/mol. The molecule has 0 spiro atoms. The molecule has 1 heterocycles. The first-order valence-electron chi connectivity index (χ1n) is 3.96. The Hall–Kier alpha value is -1.14. The van der Waals surface area contributed by atoms with E-state index in [0.29, 0.717) is 0 Å². The van der Waals surface area contributed by atoms with Gasteiger partial charge in [-0.05, 0) is 12.1 Å². The maximum atomic E-state index is 11.4. The van der Waals surface area contributed by atoms with Gasteiger partial charge in [0.05, 0.1) is 0 Å². The summed E-state index contributed by atoms with van der Waals surface area (Å²) in [5.41, 5.74) is 0.277. The molecule has 1 rings (SSSR count). The van der Waals surface area contributed by atoms with E-state index >= 15 is 0 Å². The highest BCUT2D eigenvalue weighted by Crippen LogP contribution is 2.06. The van der Waals surface area contributed by atoms with E-state index in [2.05, 4.69) is 10.3 Å². The van der Waals surface area contributed by atoms with Crippen LogP contribution in [0.1, 0.15) is 10.4 Å². The summed E-state index contributed by atoms with van der Waals surface area (Å²) in [6.07, 6.45) is 2.41. The zero-order valence-corrected chi connectivity index (χ0v) is 9.47. The number of amides is 1. The Morgan fingerprint density at radius 2 is 2.27 bits per heavy atom. The first-order chi connectivity index (χ1) is 6.88. The summed E-state index contributed by atoms with van der Waals surface area (Å²) in [6, 6.07) is 2.81. The van der Waals surface area contributed by atoms with Gasteiger partial charge in [-0.25, -0.2) is 13.4 Å². The number of nitrogens with zero attached hydrogens (tertiary/aromatic N) is 1.